The summed E-state index contributed by atoms with van der Waals surface area (Å²) in [4.78, 5) is 12.0. The van der Waals surface area contributed by atoms with Gasteiger partial charge < -0.3 is 10.1 Å². The van der Waals surface area contributed by atoms with Crippen LogP contribution in [0, 0.1) is 5.41 Å². The average Bonchev–Trinajstić information content (AvgIpc) is 3.03. The Morgan fingerprint density at radius 1 is 1.04 bits per heavy atom. The molecule has 0 saturated heterocycles. The Kier molecular flexibility index (Phi) is 5.00. The number of rotatable bonds is 5. The Morgan fingerprint density at radius 2 is 1.80 bits per heavy atom. The Morgan fingerprint density at radius 3 is 2.44 bits per heavy atom. The quantitative estimate of drug-likeness (QED) is 0.729. The normalized spacial score (nSPS) is 13.0. The zero-order valence-electron chi connectivity index (χ0n) is 15.0. The summed E-state index contributed by atoms with van der Waals surface area (Å²) in [6, 6.07) is 14.0. The molecule has 0 radical (unpaired) electrons. The summed E-state index contributed by atoms with van der Waals surface area (Å²) in [5, 5.41) is 10.5. The van der Waals surface area contributed by atoms with Gasteiger partial charge in [0.1, 0.15) is 11.9 Å². The number of aliphatic hydroxyl groups is 1. The van der Waals surface area contributed by atoms with Crippen LogP contribution >= 0.6 is 0 Å². The Balaban J connectivity index is 1.66. The Labute approximate surface area is 149 Å². The number of imidazole rings is 1. The van der Waals surface area contributed by atoms with E-state index in [1.54, 1.807) is 6.20 Å². The molecule has 0 aliphatic carbocycles. The summed E-state index contributed by atoms with van der Waals surface area (Å²) in [6.07, 6.45) is 4.43. The number of aromatic amines is 1. The third-order valence-electron chi connectivity index (χ3n) is 4.03. The Bertz CT molecular complexity index is 801. The van der Waals surface area contributed by atoms with Crippen LogP contribution in [0.5, 0.6) is 0 Å². The molecule has 0 amide bonds. The molecular weight excluding hydrogens is 310 g/mol. The monoisotopic (exact) mass is 335 g/mol. The van der Waals surface area contributed by atoms with Gasteiger partial charge in [-0.15, -0.1) is 0 Å². The second-order valence-corrected chi connectivity index (χ2v) is 7.66. The van der Waals surface area contributed by atoms with Gasteiger partial charge in [-0.25, -0.2) is 4.98 Å². The van der Waals surface area contributed by atoms with E-state index in [0.717, 1.165) is 28.9 Å². The first kappa shape index (κ1) is 17.4. The van der Waals surface area contributed by atoms with E-state index in [1.165, 1.54) is 0 Å². The van der Waals surface area contributed by atoms with E-state index in [-0.39, 0.29) is 5.41 Å². The molecule has 0 aliphatic rings. The number of aromatic nitrogens is 3. The maximum Gasteiger partial charge on any atom is 0.135 e. The van der Waals surface area contributed by atoms with Gasteiger partial charge in [0, 0.05) is 30.1 Å². The number of benzene rings is 1. The second-order valence-electron chi connectivity index (χ2n) is 7.66. The molecule has 2 aromatic heterocycles. The lowest BCUT2D eigenvalue weighted by Crippen LogP contribution is -2.10. The summed E-state index contributed by atoms with van der Waals surface area (Å²) >= 11 is 0. The molecule has 3 aromatic rings. The van der Waals surface area contributed by atoms with Crippen LogP contribution in [0.15, 0.2) is 54.9 Å². The number of nitrogens with one attached hydrogen (secondary N) is 1. The lowest BCUT2D eigenvalue weighted by atomic mass is 9.91. The van der Waals surface area contributed by atoms with Gasteiger partial charge in [0.25, 0.3) is 0 Å². The maximum atomic E-state index is 10.5. The molecule has 4 nitrogen and oxygen atoms in total. The standard InChI is InChI=1S/C21H25N3O/c1-21(2,3)13-17-14-23-20(24-17)19(25)12-15-7-9-16(10-8-15)18-6-4-5-11-22-18/h4-11,14,19,25H,12-13H2,1-3H3,(H,23,24). The van der Waals surface area contributed by atoms with Gasteiger partial charge in [-0.05, 0) is 29.5 Å². The van der Waals surface area contributed by atoms with E-state index in [4.69, 9.17) is 0 Å². The summed E-state index contributed by atoms with van der Waals surface area (Å²) < 4.78 is 0. The summed E-state index contributed by atoms with van der Waals surface area (Å²) in [5.74, 6) is 0.632. The molecule has 0 spiro atoms. The van der Waals surface area contributed by atoms with Crippen molar-refractivity contribution in [3.05, 3.63) is 71.9 Å². The van der Waals surface area contributed by atoms with E-state index in [0.29, 0.717) is 12.2 Å². The minimum atomic E-state index is -0.630. The smallest absolute Gasteiger partial charge is 0.135 e. The lowest BCUT2D eigenvalue weighted by Gasteiger charge is -2.16. The molecule has 0 fully saturated rings. The van der Waals surface area contributed by atoms with E-state index in [1.807, 2.05) is 48.7 Å². The van der Waals surface area contributed by atoms with Crippen molar-refractivity contribution in [3.63, 3.8) is 0 Å². The van der Waals surface area contributed by atoms with E-state index in [9.17, 15) is 5.11 Å². The topological polar surface area (TPSA) is 61.8 Å². The summed E-state index contributed by atoms with van der Waals surface area (Å²) in [6.45, 7) is 6.56. The van der Waals surface area contributed by atoms with Gasteiger partial charge in [-0.1, -0.05) is 51.1 Å². The van der Waals surface area contributed by atoms with Crippen molar-refractivity contribution in [2.45, 2.75) is 39.7 Å². The third-order valence-corrected chi connectivity index (χ3v) is 4.03. The van der Waals surface area contributed by atoms with Gasteiger partial charge >= 0.3 is 0 Å². The van der Waals surface area contributed by atoms with Crippen molar-refractivity contribution < 1.29 is 5.11 Å². The number of nitrogens with zero attached hydrogens (tertiary/aromatic N) is 2. The van der Waals surface area contributed by atoms with E-state index in [2.05, 4.69) is 35.7 Å². The first-order valence-corrected chi connectivity index (χ1v) is 8.63. The average molecular weight is 335 g/mol. The van der Waals surface area contributed by atoms with Gasteiger partial charge in [-0.3, -0.25) is 4.98 Å². The van der Waals surface area contributed by atoms with Crippen LogP contribution in [0.2, 0.25) is 0 Å². The number of H-pyrrole nitrogens is 1. The third kappa shape index (κ3) is 4.77. The van der Waals surface area contributed by atoms with Crippen LogP contribution in [0.4, 0.5) is 0 Å². The highest BCUT2D eigenvalue weighted by Gasteiger charge is 2.16. The number of aliphatic hydroxyl groups excluding tert-OH is 1. The van der Waals surface area contributed by atoms with Crippen LogP contribution in [0.3, 0.4) is 0 Å². The molecule has 0 saturated carbocycles. The molecule has 1 atom stereocenters. The SMILES string of the molecule is CC(C)(C)Cc1cnc(C(O)Cc2ccc(-c3ccccn3)cc2)[nH]1. The van der Waals surface area contributed by atoms with Crippen LogP contribution in [-0.4, -0.2) is 20.1 Å². The minimum absolute atomic E-state index is 0.191. The van der Waals surface area contributed by atoms with Gasteiger partial charge in [0.15, 0.2) is 0 Å². The number of hydrogen-bond donors (Lipinski definition) is 2. The highest BCUT2D eigenvalue weighted by atomic mass is 16.3. The summed E-state index contributed by atoms with van der Waals surface area (Å²) in [5.41, 5.74) is 4.35. The van der Waals surface area contributed by atoms with Crippen molar-refractivity contribution in [2.24, 2.45) is 5.41 Å². The molecular formula is C21H25N3O. The van der Waals surface area contributed by atoms with Crippen LogP contribution in [0.1, 0.15) is 44.0 Å². The van der Waals surface area contributed by atoms with Crippen molar-refractivity contribution in [1.29, 1.82) is 0 Å². The summed E-state index contributed by atoms with van der Waals surface area (Å²) in [7, 11) is 0. The van der Waals surface area contributed by atoms with Crippen molar-refractivity contribution >= 4 is 0 Å². The van der Waals surface area contributed by atoms with Crippen LogP contribution < -0.4 is 0 Å². The fourth-order valence-electron chi connectivity index (χ4n) is 2.87. The molecule has 4 heteroatoms. The minimum Gasteiger partial charge on any atom is -0.385 e. The molecule has 2 heterocycles. The predicted molar refractivity (Wildman–Crippen MR) is 100 cm³/mol. The molecule has 2 N–H and O–H groups in total. The van der Waals surface area contributed by atoms with Gasteiger partial charge in [-0.2, -0.15) is 0 Å². The largest absolute Gasteiger partial charge is 0.385 e. The fourth-order valence-corrected chi connectivity index (χ4v) is 2.87. The zero-order chi connectivity index (χ0) is 17.9. The molecule has 1 unspecified atom stereocenters. The van der Waals surface area contributed by atoms with Gasteiger partial charge in [0.2, 0.25) is 0 Å². The second kappa shape index (κ2) is 7.19. The van der Waals surface area contributed by atoms with Crippen molar-refractivity contribution in [2.75, 3.05) is 0 Å². The van der Waals surface area contributed by atoms with Crippen molar-refractivity contribution in [3.8, 4) is 11.3 Å². The van der Waals surface area contributed by atoms with Crippen LogP contribution in [0.25, 0.3) is 11.3 Å². The molecule has 0 bridgehead atoms. The molecule has 3 rings (SSSR count). The van der Waals surface area contributed by atoms with Crippen molar-refractivity contribution in [1.82, 2.24) is 15.0 Å². The highest BCUT2D eigenvalue weighted by molar-refractivity contribution is 5.59. The van der Waals surface area contributed by atoms with E-state index < -0.39 is 6.10 Å². The predicted octanol–water partition coefficient (Wildman–Crippen LogP) is 4.34. The number of pyridine rings is 1. The van der Waals surface area contributed by atoms with E-state index >= 15 is 0 Å². The molecule has 1 aromatic carbocycles. The van der Waals surface area contributed by atoms with Gasteiger partial charge in [0.05, 0.1) is 5.69 Å². The maximum absolute atomic E-state index is 10.5. The fraction of sp³-hybridized carbons (Fsp3) is 0.333. The first-order valence-electron chi connectivity index (χ1n) is 8.63. The molecule has 25 heavy (non-hydrogen) atoms. The number of hydrogen-bond acceptors (Lipinski definition) is 3. The zero-order valence-corrected chi connectivity index (χ0v) is 15.0. The lowest BCUT2D eigenvalue weighted by molar-refractivity contribution is 0.169. The Hall–Kier alpha value is -2.46. The first-order chi connectivity index (χ1) is 11.9. The van der Waals surface area contributed by atoms with Crippen LogP contribution in [-0.2, 0) is 12.8 Å². The molecule has 0 aliphatic heterocycles. The highest BCUT2D eigenvalue weighted by Crippen LogP contribution is 2.23. The molecule has 130 valence electrons.